The molecule has 30 heavy (non-hydrogen) atoms. The van der Waals surface area contributed by atoms with Crippen molar-refractivity contribution in [1.82, 2.24) is 9.62 Å². The van der Waals surface area contributed by atoms with Crippen LogP contribution < -0.4 is 9.62 Å². The molecule has 2 aromatic rings. The lowest BCUT2D eigenvalue weighted by Crippen LogP contribution is -2.49. The summed E-state index contributed by atoms with van der Waals surface area (Å²) in [6.07, 6.45) is 0.0171. The minimum Gasteiger partial charge on any atom is -0.367 e. The van der Waals surface area contributed by atoms with E-state index in [0.717, 1.165) is 0 Å². The minimum atomic E-state index is -3.75. The molecular weight excluding hydrogens is 431 g/mol. The van der Waals surface area contributed by atoms with Crippen molar-refractivity contribution in [3.8, 4) is 6.07 Å². The monoisotopic (exact) mass is 450 g/mol. The van der Waals surface area contributed by atoms with Gasteiger partial charge in [-0.25, -0.2) is 17.5 Å². The number of nitrogens with zero attached hydrogens (tertiary/aromatic N) is 3. The first-order chi connectivity index (χ1) is 14.3. The van der Waals surface area contributed by atoms with Gasteiger partial charge in [-0.15, -0.1) is 0 Å². The number of carbonyl (C=O) groups is 1. The average molecular weight is 451 g/mol. The highest BCUT2D eigenvalue weighted by Crippen LogP contribution is 2.23. The third-order valence-electron chi connectivity index (χ3n) is 4.81. The molecule has 0 aliphatic carbocycles. The molecule has 3 rings (SSSR count). The first-order valence-corrected chi connectivity index (χ1v) is 11.1. The molecule has 158 valence electrons. The molecule has 0 spiro atoms. The third kappa shape index (κ3) is 5.08. The largest absolute Gasteiger partial charge is 0.367 e. The van der Waals surface area contributed by atoms with Gasteiger partial charge in [0.05, 0.1) is 10.6 Å². The number of piperazine rings is 1. The predicted molar refractivity (Wildman–Crippen MR) is 111 cm³/mol. The van der Waals surface area contributed by atoms with Crippen molar-refractivity contribution in [2.24, 2.45) is 0 Å². The second kappa shape index (κ2) is 9.43. The van der Waals surface area contributed by atoms with E-state index in [0.29, 0.717) is 36.9 Å². The van der Waals surface area contributed by atoms with Crippen molar-refractivity contribution in [2.45, 2.75) is 11.3 Å². The van der Waals surface area contributed by atoms with E-state index in [2.05, 4.69) is 4.72 Å². The number of nitrogens with one attached hydrogen (secondary N) is 1. The number of nitriles is 1. The van der Waals surface area contributed by atoms with Crippen LogP contribution in [0.15, 0.2) is 47.4 Å². The molecule has 1 aliphatic rings. The molecule has 0 atom stereocenters. The number of anilines is 1. The summed E-state index contributed by atoms with van der Waals surface area (Å²) in [5, 5.41) is 9.50. The molecule has 0 saturated carbocycles. The number of hydrogen-bond donors (Lipinski definition) is 1. The lowest BCUT2D eigenvalue weighted by Gasteiger charge is -2.36. The molecule has 0 radical (unpaired) electrons. The molecule has 1 aliphatic heterocycles. The van der Waals surface area contributed by atoms with E-state index in [1.807, 2.05) is 11.0 Å². The Balaban J connectivity index is 1.52. The van der Waals surface area contributed by atoms with Crippen LogP contribution >= 0.6 is 11.6 Å². The van der Waals surface area contributed by atoms with E-state index in [-0.39, 0.29) is 29.3 Å². The average Bonchev–Trinajstić information content (AvgIpc) is 2.73. The van der Waals surface area contributed by atoms with Gasteiger partial charge >= 0.3 is 0 Å². The van der Waals surface area contributed by atoms with Gasteiger partial charge in [0.15, 0.2) is 0 Å². The third-order valence-corrected chi connectivity index (χ3v) is 6.51. The minimum absolute atomic E-state index is 0.00676. The fraction of sp³-hybridized carbons (Fsp3) is 0.300. The van der Waals surface area contributed by atoms with E-state index in [1.165, 1.54) is 24.3 Å². The Morgan fingerprint density at radius 3 is 2.53 bits per heavy atom. The summed E-state index contributed by atoms with van der Waals surface area (Å²) in [7, 11) is -3.75. The molecule has 0 aromatic heterocycles. The summed E-state index contributed by atoms with van der Waals surface area (Å²) in [4.78, 5) is 16.0. The van der Waals surface area contributed by atoms with E-state index >= 15 is 0 Å². The molecule has 1 heterocycles. The van der Waals surface area contributed by atoms with Gasteiger partial charge in [-0.3, -0.25) is 4.79 Å². The van der Waals surface area contributed by atoms with Gasteiger partial charge in [-0.2, -0.15) is 5.26 Å². The van der Waals surface area contributed by atoms with Crippen LogP contribution in [0.25, 0.3) is 0 Å². The van der Waals surface area contributed by atoms with Gasteiger partial charge in [0.2, 0.25) is 15.9 Å². The smallest absolute Gasteiger partial charge is 0.240 e. The van der Waals surface area contributed by atoms with Gasteiger partial charge in [0, 0.05) is 44.2 Å². The van der Waals surface area contributed by atoms with Crippen molar-refractivity contribution in [3.05, 3.63) is 58.9 Å². The second-order valence-electron chi connectivity index (χ2n) is 6.72. The highest BCUT2D eigenvalue weighted by molar-refractivity contribution is 7.89. The molecule has 10 heteroatoms. The highest BCUT2D eigenvalue weighted by Gasteiger charge is 2.24. The summed E-state index contributed by atoms with van der Waals surface area (Å²) >= 11 is 5.83. The fourth-order valence-electron chi connectivity index (χ4n) is 3.25. The summed E-state index contributed by atoms with van der Waals surface area (Å²) < 4.78 is 40.8. The van der Waals surface area contributed by atoms with Gasteiger partial charge in [0.1, 0.15) is 17.4 Å². The Hall–Kier alpha value is -2.67. The van der Waals surface area contributed by atoms with Crippen LogP contribution in [-0.2, 0) is 14.8 Å². The molecular formula is C20H20ClFN4O3S. The number of halogens is 2. The van der Waals surface area contributed by atoms with E-state index in [4.69, 9.17) is 11.6 Å². The van der Waals surface area contributed by atoms with Crippen LogP contribution in [0.4, 0.5) is 10.1 Å². The van der Waals surface area contributed by atoms with Crippen molar-refractivity contribution in [1.29, 1.82) is 5.26 Å². The predicted octanol–water partition coefficient (Wildman–Crippen LogP) is 2.37. The molecule has 0 unspecified atom stereocenters. The molecule has 2 aromatic carbocycles. The summed E-state index contributed by atoms with van der Waals surface area (Å²) in [5.74, 6) is -0.747. The first kappa shape index (κ1) is 22.0. The van der Waals surface area contributed by atoms with Gasteiger partial charge in [0.25, 0.3) is 0 Å². The lowest BCUT2D eigenvalue weighted by molar-refractivity contribution is -0.131. The second-order valence-corrected chi connectivity index (χ2v) is 8.92. The summed E-state index contributed by atoms with van der Waals surface area (Å²) in [6, 6.07) is 12.2. The van der Waals surface area contributed by atoms with Crippen LogP contribution in [-0.4, -0.2) is 51.9 Å². The van der Waals surface area contributed by atoms with Gasteiger partial charge in [-0.1, -0.05) is 23.7 Å². The maximum Gasteiger partial charge on any atom is 0.240 e. The van der Waals surface area contributed by atoms with E-state index in [9.17, 15) is 22.9 Å². The molecule has 1 saturated heterocycles. The Labute approximate surface area is 179 Å². The normalized spacial score (nSPS) is 14.4. The maximum atomic E-state index is 13.8. The number of sulfonamides is 1. The van der Waals surface area contributed by atoms with Crippen molar-refractivity contribution in [2.75, 3.05) is 37.6 Å². The van der Waals surface area contributed by atoms with Crippen LogP contribution in [0.1, 0.15) is 12.0 Å². The maximum absolute atomic E-state index is 13.8. The quantitative estimate of drug-likeness (QED) is 0.729. The summed E-state index contributed by atoms with van der Waals surface area (Å²) in [6.45, 7) is 1.69. The standard InChI is InChI=1S/C20H20ClFN4O3S/c21-15-3-1-4-16(13-15)30(28,29)24-8-7-20(27)26-11-9-25(10-12-26)19-6-2-5-18(22)17(19)14-23/h1-6,13,24H,7-12H2. The topological polar surface area (TPSA) is 93.5 Å². The first-order valence-electron chi connectivity index (χ1n) is 9.28. The Morgan fingerprint density at radius 2 is 1.87 bits per heavy atom. The molecule has 0 bridgehead atoms. The van der Waals surface area contributed by atoms with Crippen LogP contribution in [0.2, 0.25) is 5.02 Å². The number of carbonyl (C=O) groups excluding carboxylic acids is 1. The molecule has 1 fully saturated rings. The fourth-order valence-corrected chi connectivity index (χ4v) is 4.58. The van der Waals surface area contributed by atoms with E-state index in [1.54, 1.807) is 23.1 Å². The molecule has 1 N–H and O–H groups in total. The SMILES string of the molecule is N#Cc1c(F)cccc1N1CCN(C(=O)CCNS(=O)(=O)c2cccc(Cl)c2)CC1. The number of hydrogen-bond acceptors (Lipinski definition) is 5. The highest BCUT2D eigenvalue weighted by atomic mass is 35.5. The number of benzene rings is 2. The molecule has 7 nitrogen and oxygen atoms in total. The molecule has 1 amide bonds. The number of amides is 1. The van der Waals surface area contributed by atoms with Crippen LogP contribution in [0.3, 0.4) is 0 Å². The van der Waals surface area contributed by atoms with Crippen molar-refractivity contribution < 1.29 is 17.6 Å². The zero-order valence-electron chi connectivity index (χ0n) is 16.0. The number of rotatable bonds is 6. The Morgan fingerprint density at radius 1 is 1.17 bits per heavy atom. The zero-order valence-corrected chi connectivity index (χ0v) is 17.6. The van der Waals surface area contributed by atoms with E-state index < -0.39 is 15.8 Å². The van der Waals surface area contributed by atoms with Gasteiger partial charge in [-0.05, 0) is 30.3 Å². The van der Waals surface area contributed by atoms with Gasteiger partial charge < -0.3 is 9.80 Å². The van der Waals surface area contributed by atoms with Crippen LogP contribution in [0.5, 0.6) is 0 Å². The summed E-state index contributed by atoms with van der Waals surface area (Å²) in [5.41, 5.74) is 0.506. The van der Waals surface area contributed by atoms with Crippen molar-refractivity contribution in [3.63, 3.8) is 0 Å². The lowest BCUT2D eigenvalue weighted by atomic mass is 10.1. The zero-order chi connectivity index (χ0) is 21.7. The van der Waals surface area contributed by atoms with Crippen LogP contribution in [0, 0.1) is 17.1 Å². The Kier molecular flexibility index (Phi) is 6.92. The van der Waals surface area contributed by atoms with Crippen molar-refractivity contribution >= 4 is 33.2 Å². The Bertz CT molecular complexity index is 1080.